The zero-order chi connectivity index (χ0) is 26.6. The van der Waals surface area contributed by atoms with Crippen LogP contribution in [0.15, 0.2) is 65.7 Å². The molecular formula is C26H23F2N5O4. The number of ether oxygens (including phenoxy) is 1. The van der Waals surface area contributed by atoms with Gasteiger partial charge in [0.15, 0.2) is 23.0 Å². The lowest BCUT2D eigenvalue weighted by Gasteiger charge is -2.16. The third-order valence-electron chi connectivity index (χ3n) is 5.57. The van der Waals surface area contributed by atoms with Gasteiger partial charge in [-0.2, -0.15) is 0 Å². The van der Waals surface area contributed by atoms with Crippen LogP contribution in [0.1, 0.15) is 26.7 Å². The molecule has 37 heavy (non-hydrogen) atoms. The van der Waals surface area contributed by atoms with Crippen molar-refractivity contribution in [3.05, 3.63) is 82.9 Å². The van der Waals surface area contributed by atoms with Crippen LogP contribution in [0.3, 0.4) is 0 Å². The summed E-state index contributed by atoms with van der Waals surface area (Å²) >= 11 is 0. The minimum absolute atomic E-state index is 0.140. The molecule has 190 valence electrons. The highest BCUT2D eigenvalue weighted by molar-refractivity contribution is 6.16. The molecule has 1 aliphatic carbocycles. The Kier molecular flexibility index (Phi) is 7.23. The van der Waals surface area contributed by atoms with Gasteiger partial charge in [-0.1, -0.05) is 13.8 Å². The lowest BCUT2D eigenvalue weighted by molar-refractivity contribution is -0.131. The molecule has 4 aromatic rings. The molecule has 0 spiro atoms. The van der Waals surface area contributed by atoms with Gasteiger partial charge < -0.3 is 20.4 Å². The molecule has 0 unspecified atom stereocenters. The Morgan fingerprint density at radius 1 is 0.919 bits per heavy atom. The summed E-state index contributed by atoms with van der Waals surface area (Å²) in [5.41, 5.74) is -0.778. The second-order valence-corrected chi connectivity index (χ2v) is 8.00. The van der Waals surface area contributed by atoms with E-state index in [0.29, 0.717) is 18.5 Å². The van der Waals surface area contributed by atoms with Gasteiger partial charge in [-0.3, -0.25) is 14.4 Å². The van der Waals surface area contributed by atoms with Crippen molar-refractivity contribution in [3.63, 3.8) is 0 Å². The summed E-state index contributed by atoms with van der Waals surface area (Å²) in [6.07, 6.45) is 3.11. The van der Waals surface area contributed by atoms with Crippen molar-refractivity contribution in [1.29, 1.82) is 0 Å². The molecule has 0 aliphatic heterocycles. The number of amides is 2. The van der Waals surface area contributed by atoms with Gasteiger partial charge in [0, 0.05) is 29.7 Å². The molecule has 0 atom stereocenters. The van der Waals surface area contributed by atoms with E-state index in [1.54, 1.807) is 0 Å². The standard InChI is InChI=1S/C24H17F2N5O4.C2H6/c25-13-1-3-14(4-2-13)29-22(33)24(8-9-24)23(34)30-15-5-6-17(16(26)11-15)35-18-7-10-27-21-20(18)28-12-19(32)31-21;1-2/h1-7,10-12H,8-9H2,(H,29,33)(H,30,34)(H,27,31,32);1-2H3. The molecule has 2 aromatic carbocycles. The highest BCUT2D eigenvalue weighted by Gasteiger charge is 2.56. The number of aromatic nitrogens is 3. The Labute approximate surface area is 209 Å². The third kappa shape index (κ3) is 5.45. The molecule has 3 N–H and O–H groups in total. The number of nitrogens with one attached hydrogen (secondary N) is 3. The van der Waals surface area contributed by atoms with Crippen molar-refractivity contribution >= 4 is 34.4 Å². The zero-order valence-corrected chi connectivity index (χ0v) is 20.0. The van der Waals surface area contributed by atoms with Gasteiger partial charge in [-0.15, -0.1) is 0 Å². The molecule has 9 nitrogen and oxygen atoms in total. The number of nitrogens with zero attached hydrogens (tertiary/aromatic N) is 2. The number of rotatable bonds is 6. The predicted octanol–water partition coefficient (Wildman–Crippen LogP) is 4.77. The number of hydrogen-bond acceptors (Lipinski definition) is 6. The molecule has 1 saturated carbocycles. The van der Waals surface area contributed by atoms with E-state index in [1.165, 1.54) is 48.7 Å². The van der Waals surface area contributed by atoms with E-state index in [1.807, 2.05) is 13.8 Å². The van der Waals surface area contributed by atoms with Crippen molar-refractivity contribution in [2.75, 3.05) is 10.6 Å². The monoisotopic (exact) mass is 507 g/mol. The molecule has 1 fully saturated rings. The van der Waals surface area contributed by atoms with Gasteiger partial charge in [0.1, 0.15) is 16.7 Å². The fourth-order valence-corrected chi connectivity index (χ4v) is 3.50. The van der Waals surface area contributed by atoms with E-state index < -0.39 is 34.4 Å². The smallest absolute Gasteiger partial charge is 0.268 e. The maximum absolute atomic E-state index is 14.8. The van der Waals surface area contributed by atoms with E-state index in [4.69, 9.17) is 4.74 Å². The van der Waals surface area contributed by atoms with Gasteiger partial charge in [0.25, 0.3) is 5.56 Å². The Hall–Kier alpha value is -4.67. The molecule has 1 aliphatic rings. The largest absolute Gasteiger partial charge is 0.452 e. The maximum atomic E-state index is 14.8. The number of anilines is 2. The first-order valence-corrected chi connectivity index (χ1v) is 11.5. The summed E-state index contributed by atoms with van der Waals surface area (Å²) in [5.74, 6) is -2.26. The molecule has 2 amide bonds. The van der Waals surface area contributed by atoms with Gasteiger partial charge >= 0.3 is 0 Å². The van der Waals surface area contributed by atoms with Crippen LogP contribution >= 0.6 is 0 Å². The highest BCUT2D eigenvalue weighted by Crippen LogP contribution is 2.47. The van der Waals surface area contributed by atoms with E-state index in [2.05, 4.69) is 25.6 Å². The molecular weight excluding hydrogens is 484 g/mol. The Morgan fingerprint density at radius 2 is 1.57 bits per heavy atom. The second-order valence-electron chi connectivity index (χ2n) is 8.00. The Balaban J connectivity index is 0.00000156. The second kappa shape index (κ2) is 10.5. The number of H-pyrrole nitrogens is 1. The zero-order valence-electron chi connectivity index (χ0n) is 20.0. The van der Waals surface area contributed by atoms with Crippen LogP contribution < -0.4 is 20.9 Å². The van der Waals surface area contributed by atoms with Crippen molar-refractivity contribution in [1.82, 2.24) is 15.0 Å². The molecule has 0 radical (unpaired) electrons. The van der Waals surface area contributed by atoms with Crippen LogP contribution in [0.25, 0.3) is 11.2 Å². The maximum Gasteiger partial charge on any atom is 0.268 e. The molecule has 0 bridgehead atoms. The van der Waals surface area contributed by atoms with Crippen molar-refractivity contribution < 1.29 is 23.1 Å². The van der Waals surface area contributed by atoms with E-state index in [-0.39, 0.29) is 28.4 Å². The number of carbonyl (C=O) groups excluding carboxylic acids is 2. The lowest BCUT2D eigenvalue weighted by atomic mass is 10.0. The number of halogens is 2. The van der Waals surface area contributed by atoms with Gasteiger partial charge in [-0.25, -0.2) is 18.7 Å². The van der Waals surface area contributed by atoms with E-state index >= 15 is 0 Å². The number of pyridine rings is 1. The fraction of sp³-hybridized carbons (Fsp3) is 0.192. The average Bonchev–Trinajstić information content (AvgIpc) is 3.71. The third-order valence-corrected chi connectivity index (χ3v) is 5.57. The predicted molar refractivity (Wildman–Crippen MR) is 133 cm³/mol. The first kappa shape index (κ1) is 25.4. The number of fused-ring (bicyclic) bond motifs is 1. The van der Waals surface area contributed by atoms with Crippen molar-refractivity contribution in [2.45, 2.75) is 26.7 Å². The van der Waals surface area contributed by atoms with Gasteiger partial charge in [-0.05, 0) is 49.2 Å². The van der Waals surface area contributed by atoms with Crippen LogP contribution in [-0.4, -0.2) is 26.8 Å². The molecule has 2 heterocycles. The minimum atomic E-state index is -1.28. The summed E-state index contributed by atoms with van der Waals surface area (Å²) < 4.78 is 33.4. The first-order valence-electron chi connectivity index (χ1n) is 11.5. The first-order chi connectivity index (χ1) is 17.8. The summed E-state index contributed by atoms with van der Waals surface area (Å²) in [6.45, 7) is 4.00. The quantitative estimate of drug-likeness (QED) is 0.323. The molecule has 11 heteroatoms. The van der Waals surface area contributed by atoms with Crippen LogP contribution in [0.4, 0.5) is 20.2 Å². The summed E-state index contributed by atoms with van der Waals surface area (Å²) in [4.78, 5) is 47.4. The minimum Gasteiger partial charge on any atom is -0.452 e. The highest BCUT2D eigenvalue weighted by atomic mass is 19.1. The SMILES string of the molecule is CC.O=C(Nc1ccc(F)cc1)C1(C(=O)Nc2ccc(Oc3ccnc4[nH]c(=O)cnc34)c(F)c2)CC1. The number of benzene rings is 2. The average molecular weight is 507 g/mol. The van der Waals surface area contributed by atoms with E-state index in [0.717, 1.165) is 12.3 Å². The van der Waals surface area contributed by atoms with E-state index in [9.17, 15) is 23.2 Å². The molecule has 5 rings (SSSR count). The van der Waals surface area contributed by atoms with Gasteiger partial charge in [0.05, 0.1) is 6.20 Å². The van der Waals surface area contributed by atoms with Crippen LogP contribution in [0.5, 0.6) is 11.5 Å². The fourth-order valence-electron chi connectivity index (χ4n) is 3.50. The topological polar surface area (TPSA) is 126 Å². The Bertz CT molecular complexity index is 1520. The van der Waals surface area contributed by atoms with Crippen LogP contribution in [0.2, 0.25) is 0 Å². The summed E-state index contributed by atoms with van der Waals surface area (Å²) in [7, 11) is 0. The van der Waals surface area contributed by atoms with Crippen molar-refractivity contribution in [3.8, 4) is 11.5 Å². The van der Waals surface area contributed by atoms with Crippen molar-refractivity contribution in [2.24, 2.45) is 5.41 Å². The summed E-state index contributed by atoms with van der Waals surface area (Å²) in [5, 5.41) is 5.18. The van der Waals surface area contributed by atoms with Crippen LogP contribution in [0, 0.1) is 17.0 Å². The summed E-state index contributed by atoms with van der Waals surface area (Å²) in [6, 6.07) is 10.5. The Morgan fingerprint density at radius 3 is 2.22 bits per heavy atom. The number of aromatic amines is 1. The molecule has 2 aromatic heterocycles. The number of carbonyl (C=O) groups is 2. The lowest BCUT2D eigenvalue weighted by Crippen LogP contribution is -2.35. The van der Waals surface area contributed by atoms with Gasteiger partial charge in [0.2, 0.25) is 11.8 Å². The van der Waals surface area contributed by atoms with Crippen LogP contribution in [-0.2, 0) is 9.59 Å². The number of hydrogen-bond donors (Lipinski definition) is 3. The molecule has 0 saturated heterocycles. The normalized spacial score (nSPS) is 13.2.